The van der Waals surface area contributed by atoms with Crippen LogP contribution >= 0.6 is 0 Å². The van der Waals surface area contributed by atoms with Crippen molar-refractivity contribution in [1.29, 1.82) is 0 Å². The van der Waals surface area contributed by atoms with Crippen molar-refractivity contribution in [2.75, 3.05) is 6.54 Å². The molecule has 0 spiro atoms. The summed E-state index contributed by atoms with van der Waals surface area (Å²) < 4.78 is 2.03. The highest BCUT2D eigenvalue weighted by Crippen LogP contribution is 1.88. The fraction of sp³-hybridized carbons (Fsp3) is 0.300. The molecule has 0 atom stereocenters. The summed E-state index contributed by atoms with van der Waals surface area (Å²) in [6.07, 6.45) is 8.26. The fourth-order valence-corrected chi connectivity index (χ4v) is 1.06. The van der Waals surface area contributed by atoms with Gasteiger partial charge in [0.15, 0.2) is 12.7 Å². The second-order valence-electron chi connectivity index (χ2n) is 2.57. The summed E-state index contributed by atoms with van der Waals surface area (Å²) in [4.78, 5) is 0. The highest BCUT2D eigenvalue weighted by atomic mass is 79.9. The van der Waals surface area contributed by atoms with Crippen LogP contribution in [0.15, 0.2) is 24.4 Å². The quantitative estimate of drug-likeness (QED) is 0.453. The normalized spacial score (nSPS) is 8.62. The van der Waals surface area contributed by atoms with E-state index in [2.05, 4.69) is 5.92 Å². The maximum absolute atomic E-state index is 5.40. The Bertz CT molecular complexity index is 291. The van der Waals surface area contributed by atoms with Crippen molar-refractivity contribution in [1.82, 2.24) is 0 Å². The average Bonchev–Trinajstić information content (AvgIpc) is 2.15. The van der Waals surface area contributed by atoms with E-state index >= 15 is 0 Å². The average molecular weight is 241 g/mol. The van der Waals surface area contributed by atoms with Gasteiger partial charge >= 0.3 is 0 Å². The first kappa shape index (κ1) is 12.2. The minimum absolute atomic E-state index is 0. The first-order chi connectivity index (χ1) is 5.88. The molecule has 1 rings (SSSR count). The van der Waals surface area contributed by atoms with Crippen molar-refractivity contribution >= 4 is 0 Å². The molecule has 0 fully saturated rings. The van der Waals surface area contributed by atoms with Crippen LogP contribution in [0, 0.1) is 12.3 Å². The number of terminal acetylenes is 1. The van der Waals surface area contributed by atoms with Crippen molar-refractivity contribution in [2.24, 2.45) is 5.73 Å². The van der Waals surface area contributed by atoms with Crippen molar-refractivity contribution in [3.8, 4) is 12.3 Å². The van der Waals surface area contributed by atoms with Crippen LogP contribution in [0.4, 0.5) is 0 Å². The number of pyridine rings is 1. The van der Waals surface area contributed by atoms with Crippen molar-refractivity contribution < 1.29 is 21.5 Å². The van der Waals surface area contributed by atoms with Gasteiger partial charge in [-0.05, 0) is 18.5 Å². The Morgan fingerprint density at radius 3 is 2.85 bits per heavy atom. The zero-order chi connectivity index (χ0) is 8.81. The van der Waals surface area contributed by atoms with Gasteiger partial charge in [-0.15, -0.1) is 6.42 Å². The van der Waals surface area contributed by atoms with E-state index in [0.29, 0.717) is 6.54 Å². The van der Waals surface area contributed by atoms with Gasteiger partial charge in [0.25, 0.3) is 5.69 Å². The third kappa shape index (κ3) is 3.58. The number of hydrogen-bond donors (Lipinski definition) is 1. The van der Waals surface area contributed by atoms with Crippen LogP contribution in [0.1, 0.15) is 12.1 Å². The van der Waals surface area contributed by atoms with E-state index in [-0.39, 0.29) is 17.0 Å². The third-order valence-corrected chi connectivity index (χ3v) is 1.69. The molecule has 0 saturated heterocycles. The zero-order valence-electron chi connectivity index (χ0n) is 7.41. The smallest absolute Gasteiger partial charge is 0.256 e. The lowest BCUT2D eigenvalue weighted by Gasteiger charge is -1.96. The number of aromatic nitrogens is 1. The first-order valence-electron chi connectivity index (χ1n) is 4.03. The molecule has 0 unspecified atom stereocenters. The molecule has 0 bridgehead atoms. The van der Waals surface area contributed by atoms with Crippen LogP contribution in [0.25, 0.3) is 0 Å². The van der Waals surface area contributed by atoms with Crippen LogP contribution in [0.3, 0.4) is 0 Å². The number of nitrogens with zero attached hydrogens (tertiary/aromatic N) is 1. The van der Waals surface area contributed by atoms with Crippen LogP contribution in [0.2, 0.25) is 0 Å². The molecule has 0 radical (unpaired) electrons. The summed E-state index contributed by atoms with van der Waals surface area (Å²) in [6.45, 7) is 1.60. The fourth-order valence-electron chi connectivity index (χ4n) is 1.06. The Labute approximate surface area is 89.5 Å². The summed E-state index contributed by atoms with van der Waals surface area (Å²) in [5, 5.41) is 0. The van der Waals surface area contributed by atoms with Crippen molar-refractivity contribution in [2.45, 2.75) is 13.0 Å². The molecule has 0 amide bonds. The van der Waals surface area contributed by atoms with Gasteiger partial charge in [0, 0.05) is 18.6 Å². The van der Waals surface area contributed by atoms with Crippen molar-refractivity contribution in [3.05, 3.63) is 30.1 Å². The van der Waals surface area contributed by atoms with Crippen LogP contribution in [-0.2, 0) is 6.54 Å². The monoisotopic (exact) mass is 240 g/mol. The Balaban J connectivity index is 0.00000144. The summed E-state index contributed by atoms with van der Waals surface area (Å²) in [5.41, 5.74) is 6.31. The molecule has 0 aromatic carbocycles. The molecule has 1 aromatic heterocycles. The van der Waals surface area contributed by atoms with Crippen molar-refractivity contribution in [3.63, 3.8) is 0 Å². The Morgan fingerprint density at radius 2 is 2.23 bits per heavy atom. The molecule has 0 saturated carbocycles. The summed E-state index contributed by atoms with van der Waals surface area (Å²) in [6, 6.07) is 5.84. The van der Waals surface area contributed by atoms with E-state index in [4.69, 9.17) is 12.2 Å². The number of rotatable bonds is 3. The SMILES string of the molecule is C#Cc1cccc[n+]1CCCN.[Br-]. The summed E-state index contributed by atoms with van der Waals surface area (Å²) in [5.74, 6) is 2.63. The van der Waals surface area contributed by atoms with Gasteiger partial charge in [-0.2, -0.15) is 4.57 Å². The van der Waals surface area contributed by atoms with Gasteiger partial charge in [0.05, 0.1) is 0 Å². The molecule has 0 aliphatic heterocycles. The van der Waals surface area contributed by atoms with Gasteiger partial charge in [-0.3, -0.25) is 0 Å². The molecule has 1 heterocycles. The van der Waals surface area contributed by atoms with E-state index in [9.17, 15) is 0 Å². The lowest BCUT2D eigenvalue weighted by Crippen LogP contribution is -3.00. The third-order valence-electron chi connectivity index (χ3n) is 1.69. The van der Waals surface area contributed by atoms with E-state index in [1.165, 1.54) is 0 Å². The van der Waals surface area contributed by atoms with Crippen LogP contribution in [0.5, 0.6) is 0 Å². The lowest BCUT2D eigenvalue weighted by atomic mass is 10.3. The maximum Gasteiger partial charge on any atom is 0.256 e. The van der Waals surface area contributed by atoms with Crippen LogP contribution < -0.4 is 27.3 Å². The van der Waals surface area contributed by atoms with E-state index in [0.717, 1.165) is 18.7 Å². The molecule has 0 aliphatic carbocycles. The maximum atomic E-state index is 5.40. The highest BCUT2D eigenvalue weighted by Gasteiger charge is 2.03. The zero-order valence-corrected chi connectivity index (χ0v) is 9.00. The molecular weight excluding hydrogens is 228 g/mol. The summed E-state index contributed by atoms with van der Waals surface area (Å²) >= 11 is 0. The number of aryl methyl sites for hydroxylation is 1. The summed E-state index contributed by atoms with van der Waals surface area (Å²) in [7, 11) is 0. The second-order valence-corrected chi connectivity index (χ2v) is 2.57. The molecule has 0 aliphatic rings. The van der Waals surface area contributed by atoms with E-state index < -0.39 is 0 Å². The van der Waals surface area contributed by atoms with E-state index in [1.807, 2.05) is 29.0 Å². The number of nitrogens with two attached hydrogens (primary N) is 1. The topological polar surface area (TPSA) is 29.9 Å². The molecule has 3 heteroatoms. The Hall–Kier alpha value is -0.850. The number of halogens is 1. The predicted molar refractivity (Wildman–Crippen MR) is 48.2 cm³/mol. The first-order valence-corrected chi connectivity index (χ1v) is 4.03. The van der Waals surface area contributed by atoms with Crippen LogP contribution in [-0.4, -0.2) is 6.54 Å². The molecule has 13 heavy (non-hydrogen) atoms. The largest absolute Gasteiger partial charge is 1.00 e. The van der Waals surface area contributed by atoms with Gasteiger partial charge < -0.3 is 22.7 Å². The van der Waals surface area contributed by atoms with Gasteiger partial charge in [-0.25, -0.2) is 0 Å². The standard InChI is InChI=1S/C10H13N2.BrH/c1-2-10-6-3-4-8-12(10)9-5-7-11;/h1,3-4,6,8H,5,7,9,11H2;1H/q+1;/p-1. The van der Waals surface area contributed by atoms with Gasteiger partial charge in [0.2, 0.25) is 0 Å². The van der Waals surface area contributed by atoms with E-state index in [1.54, 1.807) is 0 Å². The Morgan fingerprint density at radius 1 is 1.46 bits per heavy atom. The molecular formula is C10H13BrN2. The van der Waals surface area contributed by atoms with Gasteiger partial charge in [0.1, 0.15) is 0 Å². The minimum atomic E-state index is 0. The molecule has 70 valence electrons. The Kier molecular flexibility index (Phi) is 6.21. The minimum Gasteiger partial charge on any atom is -1.00 e. The molecule has 2 nitrogen and oxygen atoms in total. The lowest BCUT2D eigenvalue weighted by molar-refractivity contribution is -0.699. The molecule has 1 aromatic rings. The second kappa shape index (κ2) is 6.64. The van der Waals surface area contributed by atoms with Gasteiger partial charge in [-0.1, -0.05) is 0 Å². The highest BCUT2D eigenvalue weighted by molar-refractivity contribution is 5.18. The molecule has 2 N–H and O–H groups in total. The number of hydrogen-bond acceptors (Lipinski definition) is 1. The predicted octanol–water partition coefficient (Wildman–Crippen LogP) is -2.69.